The Morgan fingerprint density at radius 2 is 2.20 bits per heavy atom. The molecule has 0 saturated carbocycles. The van der Waals surface area contributed by atoms with Gasteiger partial charge in [-0.2, -0.15) is 0 Å². The van der Waals surface area contributed by atoms with Crippen molar-refractivity contribution in [2.45, 2.75) is 6.10 Å². The molecule has 3 nitrogen and oxygen atoms in total. The standard InChI is InChI=1S/C12H13NO2/c1-2-4-10-9(3-1)7-11(15-10)12-8-13-5-6-14-12/h1-4,7,12-13H,5-6,8H2. The first-order chi connectivity index (χ1) is 7.43. The minimum Gasteiger partial charge on any atom is -0.458 e. The first-order valence-electron chi connectivity index (χ1n) is 5.24. The van der Waals surface area contributed by atoms with Crippen molar-refractivity contribution in [1.29, 1.82) is 0 Å². The second kappa shape index (κ2) is 3.68. The molecule has 1 atom stereocenters. The molecule has 0 amide bonds. The molecule has 0 spiro atoms. The third-order valence-electron chi connectivity index (χ3n) is 2.69. The molecule has 1 aliphatic rings. The van der Waals surface area contributed by atoms with Crippen molar-refractivity contribution in [2.75, 3.05) is 19.7 Å². The molecular formula is C12H13NO2. The average molecular weight is 203 g/mol. The van der Waals surface area contributed by atoms with Gasteiger partial charge < -0.3 is 14.5 Å². The number of hydrogen-bond acceptors (Lipinski definition) is 3. The first kappa shape index (κ1) is 8.95. The smallest absolute Gasteiger partial charge is 0.135 e. The van der Waals surface area contributed by atoms with Gasteiger partial charge in [-0.3, -0.25) is 0 Å². The highest BCUT2D eigenvalue weighted by atomic mass is 16.5. The Morgan fingerprint density at radius 1 is 1.27 bits per heavy atom. The molecule has 1 aromatic carbocycles. The Labute approximate surface area is 88.0 Å². The molecule has 0 bridgehead atoms. The summed E-state index contributed by atoms with van der Waals surface area (Å²) in [5, 5.41) is 4.43. The summed E-state index contributed by atoms with van der Waals surface area (Å²) in [5.74, 6) is 0.920. The molecule has 1 aromatic heterocycles. The minimum absolute atomic E-state index is 0.0612. The van der Waals surface area contributed by atoms with Crippen LogP contribution in [0, 0.1) is 0 Å². The normalized spacial score (nSPS) is 22.0. The van der Waals surface area contributed by atoms with E-state index in [2.05, 4.69) is 17.4 Å². The fraction of sp³-hybridized carbons (Fsp3) is 0.333. The minimum atomic E-state index is 0.0612. The van der Waals surface area contributed by atoms with Crippen LogP contribution in [-0.2, 0) is 4.74 Å². The van der Waals surface area contributed by atoms with E-state index in [-0.39, 0.29) is 6.10 Å². The lowest BCUT2D eigenvalue weighted by Gasteiger charge is -2.21. The lowest BCUT2D eigenvalue weighted by atomic mass is 10.2. The highest BCUT2D eigenvalue weighted by Crippen LogP contribution is 2.26. The maximum atomic E-state index is 5.74. The summed E-state index contributed by atoms with van der Waals surface area (Å²) >= 11 is 0. The van der Waals surface area contributed by atoms with E-state index in [1.807, 2.05) is 18.2 Å². The van der Waals surface area contributed by atoms with Crippen molar-refractivity contribution in [3.63, 3.8) is 0 Å². The predicted molar refractivity (Wildman–Crippen MR) is 57.8 cm³/mol. The molecule has 15 heavy (non-hydrogen) atoms. The van der Waals surface area contributed by atoms with Crippen LogP contribution in [0.3, 0.4) is 0 Å². The number of rotatable bonds is 1. The summed E-state index contributed by atoms with van der Waals surface area (Å²) in [7, 11) is 0. The molecule has 1 N–H and O–H groups in total. The van der Waals surface area contributed by atoms with Gasteiger partial charge in [0.05, 0.1) is 6.61 Å². The molecule has 3 rings (SSSR count). The van der Waals surface area contributed by atoms with Gasteiger partial charge in [0.25, 0.3) is 0 Å². The van der Waals surface area contributed by atoms with E-state index in [0.29, 0.717) is 0 Å². The Morgan fingerprint density at radius 3 is 3.00 bits per heavy atom. The maximum Gasteiger partial charge on any atom is 0.135 e. The van der Waals surface area contributed by atoms with Crippen molar-refractivity contribution < 1.29 is 9.15 Å². The number of para-hydroxylation sites is 1. The highest BCUT2D eigenvalue weighted by Gasteiger charge is 2.19. The van der Waals surface area contributed by atoms with Gasteiger partial charge in [0, 0.05) is 18.5 Å². The molecule has 3 heteroatoms. The summed E-state index contributed by atoms with van der Waals surface area (Å²) in [5.41, 5.74) is 0.932. The molecule has 1 fully saturated rings. The average Bonchev–Trinajstić information content (AvgIpc) is 2.74. The van der Waals surface area contributed by atoms with Crippen LogP contribution in [0.5, 0.6) is 0 Å². The molecule has 78 valence electrons. The number of hydrogen-bond donors (Lipinski definition) is 1. The van der Waals surface area contributed by atoms with Crippen LogP contribution in [-0.4, -0.2) is 19.7 Å². The van der Waals surface area contributed by atoms with Crippen LogP contribution in [0.2, 0.25) is 0 Å². The van der Waals surface area contributed by atoms with Gasteiger partial charge in [-0.25, -0.2) is 0 Å². The predicted octanol–water partition coefficient (Wildman–Crippen LogP) is 2.09. The summed E-state index contributed by atoms with van der Waals surface area (Å²) in [6.45, 7) is 2.51. The second-order valence-electron chi connectivity index (χ2n) is 3.75. The van der Waals surface area contributed by atoms with Gasteiger partial charge in [0.2, 0.25) is 0 Å². The van der Waals surface area contributed by atoms with Crippen molar-refractivity contribution in [1.82, 2.24) is 5.32 Å². The van der Waals surface area contributed by atoms with E-state index in [1.54, 1.807) is 0 Å². The van der Waals surface area contributed by atoms with Gasteiger partial charge in [0.1, 0.15) is 17.4 Å². The monoisotopic (exact) mass is 203 g/mol. The van der Waals surface area contributed by atoms with Crippen molar-refractivity contribution in [3.8, 4) is 0 Å². The molecule has 2 aromatic rings. The van der Waals surface area contributed by atoms with E-state index in [1.165, 1.54) is 0 Å². The van der Waals surface area contributed by atoms with Gasteiger partial charge >= 0.3 is 0 Å². The molecule has 1 unspecified atom stereocenters. The summed E-state index contributed by atoms with van der Waals surface area (Å²) < 4.78 is 11.4. The zero-order valence-electron chi connectivity index (χ0n) is 8.40. The molecule has 0 aliphatic carbocycles. The van der Waals surface area contributed by atoms with Crippen LogP contribution in [0.15, 0.2) is 34.7 Å². The fourth-order valence-electron chi connectivity index (χ4n) is 1.91. The SMILES string of the molecule is c1ccc2oc(C3CNCCO3)cc2c1. The van der Waals surface area contributed by atoms with E-state index in [9.17, 15) is 0 Å². The largest absolute Gasteiger partial charge is 0.458 e. The van der Waals surface area contributed by atoms with Crippen LogP contribution < -0.4 is 5.32 Å². The maximum absolute atomic E-state index is 5.74. The highest BCUT2D eigenvalue weighted by molar-refractivity contribution is 5.77. The molecule has 2 heterocycles. The number of furan rings is 1. The number of nitrogens with one attached hydrogen (secondary N) is 1. The van der Waals surface area contributed by atoms with Gasteiger partial charge in [-0.1, -0.05) is 18.2 Å². The van der Waals surface area contributed by atoms with E-state index in [0.717, 1.165) is 36.4 Å². The Bertz CT molecular complexity index is 424. The molecule has 1 saturated heterocycles. The molecule has 0 radical (unpaired) electrons. The lowest BCUT2D eigenvalue weighted by molar-refractivity contribution is 0.0152. The van der Waals surface area contributed by atoms with Crippen LogP contribution in [0.25, 0.3) is 11.0 Å². The zero-order valence-corrected chi connectivity index (χ0v) is 8.40. The summed E-state index contributed by atoms with van der Waals surface area (Å²) in [4.78, 5) is 0. The van der Waals surface area contributed by atoms with Crippen molar-refractivity contribution in [2.24, 2.45) is 0 Å². The number of morpholine rings is 1. The number of benzene rings is 1. The van der Waals surface area contributed by atoms with Crippen molar-refractivity contribution in [3.05, 3.63) is 36.1 Å². The zero-order chi connectivity index (χ0) is 10.1. The fourth-order valence-corrected chi connectivity index (χ4v) is 1.91. The third kappa shape index (κ3) is 1.64. The quantitative estimate of drug-likeness (QED) is 0.770. The third-order valence-corrected chi connectivity index (χ3v) is 2.69. The van der Waals surface area contributed by atoms with Gasteiger partial charge in [-0.15, -0.1) is 0 Å². The topological polar surface area (TPSA) is 34.4 Å². The van der Waals surface area contributed by atoms with Crippen molar-refractivity contribution >= 4 is 11.0 Å². The van der Waals surface area contributed by atoms with Crippen LogP contribution in [0.1, 0.15) is 11.9 Å². The lowest BCUT2D eigenvalue weighted by Crippen LogP contribution is -2.33. The van der Waals surface area contributed by atoms with E-state index >= 15 is 0 Å². The van der Waals surface area contributed by atoms with Crippen LogP contribution in [0.4, 0.5) is 0 Å². The number of ether oxygens (including phenoxy) is 1. The Balaban J connectivity index is 1.96. The Hall–Kier alpha value is -1.32. The summed E-state index contributed by atoms with van der Waals surface area (Å²) in [6.07, 6.45) is 0.0612. The molecular weight excluding hydrogens is 190 g/mol. The summed E-state index contributed by atoms with van der Waals surface area (Å²) in [6, 6.07) is 10.1. The Kier molecular flexibility index (Phi) is 2.19. The molecule has 1 aliphatic heterocycles. The van der Waals surface area contributed by atoms with E-state index in [4.69, 9.17) is 9.15 Å². The van der Waals surface area contributed by atoms with Gasteiger partial charge in [-0.05, 0) is 12.1 Å². The van der Waals surface area contributed by atoms with E-state index < -0.39 is 0 Å². The van der Waals surface area contributed by atoms with Crippen LogP contribution >= 0.6 is 0 Å². The first-order valence-corrected chi connectivity index (χ1v) is 5.24. The van der Waals surface area contributed by atoms with Gasteiger partial charge in [0.15, 0.2) is 0 Å². The second-order valence-corrected chi connectivity index (χ2v) is 3.75. The number of fused-ring (bicyclic) bond motifs is 1.